The molecule has 0 radical (unpaired) electrons. The number of fused-ring (bicyclic) bond motifs is 4. The van der Waals surface area contributed by atoms with Crippen molar-refractivity contribution in [1.29, 1.82) is 0 Å². The molecule has 0 spiro atoms. The van der Waals surface area contributed by atoms with Crippen molar-refractivity contribution in [1.82, 2.24) is 19.7 Å². The third-order valence-electron chi connectivity index (χ3n) is 7.14. The van der Waals surface area contributed by atoms with Crippen LogP contribution in [0.15, 0.2) is 42.5 Å². The number of hydrogen-bond donors (Lipinski definition) is 1. The number of carbonyl (C=O) groups excluding carboxylic acids is 2. The summed E-state index contributed by atoms with van der Waals surface area (Å²) in [6, 6.07) is 11.7. The van der Waals surface area contributed by atoms with E-state index >= 15 is 0 Å². The van der Waals surface area contributed by atoms with Gasteiger partial charge in [-0.25, -0.2) is 13.9 Å². The van der Waals surface area contributed by atoms with E-state index in [-0.39, 0.29) is 17.7 Å². The lowest BCUT2D eigenvalue weighted by molar-refractivity contribution is 0.0600. The molecule has 0 bridgehead atoms. The zero-order valence-electron chi connectivity index (χ0n) is 19.4. The number of esters is 1. The molecule has 0 saturated carbocycles. The van der Waals surface area contributed by atoms with Gasteiger partial charge in [0.2, 0.25) is 0 Å². The van der Waals surface area contributed by atoms with E-state index in [0.717, 1.165) is 64.8 Å². The molecule has 2 aromatic carbocycles. The standard InChI is InChI=1S/C27H25FN4O3/c1-35-27(34)16-6-11-22-20(14-16)21-15-31(13-12-23(21)29-22)26(33)25-19-4-2-3-5-24(19)32(30-25)18-9-7-17(28)8-10-18/h6-11,14,29H,2-5,12-13,15H2,1H3. The number of amides is 1. The summed E-state index contributed by atoms with van der Waals surface area (Å²) in [5.41, 5.74) is 6.83. The molecule has 2 aromatic heterocycles. The Bertz CT molecular complexity index is 1470. The summed E-state index contributed by atoms with van der Waals surface area (Å²) in [7, 11) is 1.37. The summed E-state index contributed by atoms with van der Waals surface area (Å²) in [5, 5.41) is 5.69. The highest BCUT2D eigenvalue weighted by Crippen LogP contribution is 2.32. The average molecular weight is 473 g/mol. The van der Waals surface area contributed by atoms with Gasteiger partial charge in [0.1, 0.15) is 5.82 Å². The largest absolute Gasteiger partial charge is 0.465 e. The number of ether oxygens (including phenoxy) is 1. The van der Waals surface area contributed by atoms with Crippen LogP contribution in [-0.2, 0) is 30.5 Å². The Morgan fingerprint density at radius 3 is 2.63 bits per heavy atom. The molecule has 0 fully saturated rings. The first kappa shape index (κ1) is 21.6. The van der Waals surface area contributed by atoms with Crippen LogP contribution in [0.1, 0.15) is 56.2 Å². The van der Waals surface area contributed by atoms with Gasteiger partial charge in [0.05, 0.1) is 18.4 Å². The van der Waals surface area contributed by atoms with Crippen LogP contribution in [0.2, 0.25) is 0 Å². The number of halogens is 1. The van der Waals surface area contributed by atoms with Crippen LogP contribution in [-0.4, -0.2) is 45.2 Å². The Balaban J connectivity index is 1.36. The number of rotatable bonds is 3. The van der Waals surface area contributed by atoms with Crippen molar-refractivity contribution in [2.75, 3.05) is 13.7 Å². The van der Waals surface area contributed by atoms with E-state index in [4.69, 9.17) is 9.84 Å². The molecule has 1 N–H and O–H groups in total. The molecule has 6 rings (SSSR count). The Hall–Kier alpha value is -3.94. The summed E-state index contributed by atoms with van der Waals surface area (Å²) in [4.78, 5) is 31.1. The monoisotopic (exact) mass is 472 g/mol. The molecule has 8 heteroatoms. The smallest absolute Gasteiger partial charge is 0.337 e. The lowest BCUT2D eigenvalue weighted by atomic mass is 9.94. The van der Waals surface area contributed by atoms with Crippen LogP contribution < -0.4 is 0 Å². The first-order valence-electron chi connectivity index (χ1n) is 11.9. The van der Waals surface area contributed by atoms with E-state index in [1.165, 1.54) is 19.2 Å². The summed E-state index contributed by atoms with van der Waals surface area (Å²) in [6.07, 6.45) is 4.41. The second-order valence-corrected chi connectivity index (χ2v) is 9.18. The molecule has 0 unspecified atom stereocenters. The van der Waals surface area contributed by atoms with E-state index < -0.39 is 0 Å². The second-order valence-electron chi connectivity index (χ2n) is 9.18. The fraction of sp³-hybridized carbons (Fsp3) is 0.296. The SMILES string of the molecule is COC(=O)c1ccc2[nH]c3c(c2c1)CN(C(=O)c1nn(-c2ccc(F)cc2)c2c1CCCC2)CC3. The van der Waals surface area contributed by atoms with Crippen LogP contribution in [0.5, 0.6) is 0 Å². The minimum Gasteiger partial charge on any atom is -0.465 e. The molecular formula is C27H25FN4O3. The molecule has 2 aliphatic rings. The van der Waals surface area contributed by atoms with Crippen LogP contribution >= 0.6 is 0 Å². The first-order valence-corrected chi connectivity index (χ1v) is 11.9. The highest BCUT2D eigenvalue weighted by atomic mass is 19.1. The van der Waals surface area contributed by atoms with E-state index in [2.05, 4.69) is 4.98 Å². The minimum absolute atomic E-state index is 0.0897. The minimum atomic E-state index is -0.386. The maximum atomic E-state index is 13.8. The van der Waals surface area contributed by atoms with Crippen molar-refractivity contribution < 1.29 is 18.7 Å². The van der Waals surface area contributed by atoms with Gasteiger partial charge >= 0.3 is 5.97 Å². The molecule has 1 aliphatic carbocycles. The summed E-state index contributed by atoms with van der Waals surface area (Å²) in [5.74, 6) is -0.777. The fourth-order valence-corrected chi connectivity index (χ4v) is 5.35. The van der Waals surface area contributed by atoms with Crippen LogP contribution in [0.3, 0.4) is 0 Å². The number of hydrogen-bond acceptors (Lipinski definition) is 4. The molecular weight excluding hydrogens is 447 g/mol. The maximum Gasteiger partial charge on any atom is 0.337 e. The van der Waals surface area contributed by atoms with E-state index in [0.29, 0.717) is 30.8 Å². The number of carbonyl (C=O) groups is 2. The van der Waals surface area contributed by atoms with Gasteiger partial charge in [0, 0.05) is 52.9 Å². The number of nitrogens with zero attached hydrogens (tertiary/aromatic N) is 3. The van der Waals surface area contributed by atoms with Gasteiger partial charge in [-0.2, -0.15) is 5.10 Å². The Morgan fingerprint density at radius 2 is 1.83 bits per heavy atom. The van der Waals surface area contributed by atoms with Gasteiger partial charge in [0.25, 0.3) is 5.91 Å². The predicted octanol–water partition coefficient (Wildman–Crippen LogP) is 4.36. The lowest BCUT2D eigenvalue weighted by Crippen LogP contribution is -2.36. The zero-order valence-corrected chi connectivity index (χ0v) is 19.4. The van der Waals surface area contributed by atoms with Crippen LogP contribution in [0, 0.1) is 5.82 Å². The number of methoxy groups -OCH3 is 1. The van der Waals surface area contributed by atoms with Crippen LogP contribution in [0.25, 0.3) is 16.6 Å². The highest BCUT2D eigenvalue weighted by Gasteiger charge is 2.31. The van der Waals surface area contributed by atoms with Gasteiger partial charge in [-0.05, 0) is 68.1 Å². The fourth-order valence-electron chi connectivity index (χ4n) is 5.35. The third kappa shape index (κ3) is 3.60. The summed E-state index contributed by atoms with van der Waals surface area (Å²) >= 11 is 0. The molecule has 4 aromatic rings. The van der Waals surface area contributed by atoms with Crippen molar-refractivity contribution in [3.63, 3.8) is 0 Å². The Kier molecular flexibility index (Phi) is 5.16. The first-order chi connectivity index (χ1) is 17.0. The topological polar surface area (TPSA) is 80.2 Å². The molecule has 3 heterocycles. The number of nitrogens with one attached hydrogen (secondary N) is 1. The van der Waals surface area contributed by atoms with Crippen molar-refractivity contribution in [2.24, 2.45) is 0 Å². The van der Waals surface area contributed by atoms with E-state index in [1.54, 1.807) is 18.2 Å². The maximum absolute atomic E-state index is 13.8. The zero-order chi connectivity index (χ0) is 24.1. The summed E-state index contributed by atoms with van der Waals surface area (Å²) in [6.45, 7) is 1.03. The third-order valence-corrected chi connectivity index (χ3v) is 7.14. The molecule has 1 aliphatic heterocycles. The molecule has 7 nitrogen and oxygen atoms in total. The molecule has 35 heavy (non-hydrogen) atoms. The Morgan fingerprint density at radius 1 is 1.03 bits per heavy atom. The van der Waals surface area contributed by atoms with Gasteiger partial charge in [-0.1, -0.05) is 0 Å². The average Bonchev–Trinajstić information content (AvgIpc) is 3.46. The molecule has 0 saturated heterocycles. The van der Waals surface area contributed by atoms with Gasteiger partial charge in [0.15, 0.2) is 5.69 Å². The lowest BCUT2D eigenvalue weighted by Gasteiger charge is -2.27. The van der Waals surface area contributed by atoms with Crippen LogP contribution in [0.4, 0.5) is 4.39 Å². The quantitative estimate of drug-likeness (QED) is 0.450. The molecule has 0 atom stereocenters. The van der Waals surface area contributed by atoms with Gasteiger partial charge in [-0.3, -0.25) is 4.79 Å². The van der Waals surface area contributed by atoms with Gasteiger partial charge in [-0.15, -0.1) is 0 Å². The normalized spacial score (nSPS) is 15.1. The van der Waals surface area contributed by atoms with Crippen molar-refractivity contribution in [2.45, 2.75) is 38.6 Å². The molecule has 1 amide bonds. The number of aromatic nitrogens is 3. The van der Waals surface area contributed by atoms with E-state index in [9.17, 15) is 14.0 Å². The van der Waals surface area contributed by atoms with Gasteiger partial charge < -0.3 is 14.6 Å². The highest BCUT2D eigenvalue weighted by molar-refractivity contribution is 5.97. The summed E-state index contributed by atoms with van der Waals surface area (Å²) < 4.78 is 20.2. The van der Waals surface area contributed by atoms with Crippen molar-refractivity contribution in [3.8, 4) is 5.69 Å². The molecule has 178 valence electrons. The van der Waals surface area contributed by atoms with Crippen molar-refractivity contribution >= 4 is 22.8 Å². The number of aromatic amines is 1. The Labute approximate surface area is 201 Å². The number of H-pyrrole nitrogens is 1. The van der Waals surface area contributed by atoms with Crippen molar-refractivity contribution in [3.05, 3.63) is 82.1 Å². The van der Waals surface area contributed by atoms with E-state index in [1.807, 2.05) is 21.7 Å². The number of benzene rings is 2. The predicted molar refractivity (Wildman–Crippen MR) is 128 cm³/mol. The second kappa shape index (κ2) is 8.37.